The van der Waals surface area contributed by atoms with Gasteiger partial charge in [-0.25, -0.2) is 0 Å². The van der Waals surface area contributed by atoms with Crippen LogP contribution in [0.3, 0.4) is 0 Å². The van der Waals surface area contributed by atoms with Crippen LogP contribution in [-0.2, 0) is 6.42 Å². The Hall–Kier alpha value is -0.600. The minimum atomic E-state index is 0.542. The maximum absolute atomic E-state index is 3.79. The van der Waals surface area contributed by atoms with Crippen LogP contribution in [-0.4, -0.2) is 6.54 Å². The molecule has 0 aromatic carbocycles. The van der Waals surface area contributed by atoms with Crippen molar-refractivity contribution in [3.8, 4) is 0 Å². The molecule has 1 heterocycles. The summed E-state index contributed by atoms with van der Waals surface area (Å²) in [6.07, 6.45) is 7.93. The fourth-order valence-electron chi connectivity index (χ4n) is 1.90. The fourth-order valence-corrected chi connectivity index (χ4v) is 2.96. The van der Waals surface area contributed by atoms with Crippen molar-refractivity contribution in [1.82, 2.24) is 5.32 Å². The first kappa shape index (κ1) is 14.5. The highest BCUT2D eigenvalue weighted by atomic mass is 32.1. The van der Waals surface area contributed by atoms with E-state index < -0.39 is 0 Å². The average molecular weight is 251 g/mol. The second kappa shape index (κ2) is 8.48. The van der Waals surface area contributed by atoms with Crippen LogP contribution in [0.2, 0.25) is 0 Å². The lowest BCUT2D eigenvalue weighted by atomic mass is 10.1. The van der Waals surface area contributed by atoms with Gasteiger partial charge in [-0.15, -0.1) is 17.9 Å². The van der Waals surface area contributed by atoms with E-state index in [4.69, 9.17) is 0 Å². The van der Waals surface area contributed by atoms with E-state index in [9.17, 15) is 0 Å². The molecule has 0 aliphatic heterocycles. The molecule has 0 saturated heterocycles. The number of rotatable bonds is 9. The molecule has 0 radical (unpaired) electrons. The normalized spacial score (nSPS) is 12.6. The maximum Gasteiger partial charge on any atom is 0.0415 e. The largest absolute Gasteiger partial charge is 0.309 e. The highest BCUT2D eigenvalue weighted by Gasteiger charge is 2.12. The molecule has 0 spiro atoms. The Kier molecular flexibility index (Phi) is 7.22. The van der Waals surface area contributed by atoms with E-state index in [0.29, 0.717) is 6.04 Å². The number of hydrogen-bond acceptors (Lipinski definition) is 2. The molecule has 1 unspecified atom stereocenters. The van der Waals surface area contributed by atoms with Crippen LogP contribution in [0.4, 0.5) is 0 Å². The fraction of sp³-hybridized carbons (Fsp3) is 0.600. The van der Waals surface area contributed by atoms with Gasteiger partial charge in [-0.3, -0.25) is 0 Å². The molecule has 1 nitrogen and oxygen atoms in total. The first-order valence-electron chi connectivity index (χ1n) is 6.74. The molecule has 0 aliphatic rings. The Bertz CT molecular complexity index is 316. The summed E-state index contributed by atoms with van der Waals surface area (Å²) < 4.78 is 0. The molecular formula is C15H25NS. The highest BCUT2D eigenvalue weighted by molar-refractivity contribution is 7.12. The van der Waals surface area contributed by atoms with Gasteiger partial charge in [0.15, 0.2) is 0 Å². The maximum atomic E-state index is 3.79. The van der Waals surface area contributed by atoms with Crippen LogP contribution in [0.1, 0.15) is 55.3 Å². The number of unbranched alkanes of at least 4 members (excludes halogenated alkanes) is 1. The van der Waals surface area contributed by atoms with Crippen molar-refractivity contribution in [2.45, 2.75) is 52.0 Å². The SMILES string of the molecule is C=CCCCC(NCCC)c1ccc(CC)s1. The van der Waals surface area contributed by atoms with Gasteiger partial charge in [-0.2, -0.15) is 0 Å². The minimum absolute atomic E-state index is 0.542. The van der Waals surface area contributed by atoms with E-state index in [1.165, 1.54) is 29.0 Å². The van der Waals surface area contributed by atoms with Gasteiger partial charge in [0.2, 0.25) is 0 Å². The second-order valence-electron chi connectivity index (χ2n) is 4.38. The van der Waals surface area contributed by atoms with Gasteiger partial charge in [0, 0.05) is 15.8 Å². The molecule has 0 aliphatic carbocycles. The quantitative estimate of drug-likeness (QED) is 0.495. The van der Waals surface area contributed by atoms with E-state index in [0.717, 1.165) is 19.4 Å². The van der Waals surface area contributed by atoms with Crippen molar-refractivity contribution in [3.05, 3.63) is 34.5 Å². The van der Waals surface area contributed by atoms with Gasteiger partial charge in [0.1, 0.15) is 0 Å². The molecule has 1 aromatic heterocycles. The molecule has 1 rings (SSSR count). The van der Waals surface area contributed by atoms with Crippen LogP contribution in [0.15, 0.2) is 24.8 Å². The van der Waals surface area contributed by atoms with Crippen LogP contribution in [0.25, 0.3) is 0 Å². The van der Waals surface area contributed by atoms with Crippen molar-refractivity contribution >= 4 is 11.3 Å². The van der Waals surface area contributed by atoms with Gasteiger partial charge in [0.25, 0.3) is 0 Å². The Morgan fingerprint density at radius 1 is 1.41 bits per heavy atom. The predicted octanol–water partition coefficient (Wildman–Crippen LogP) is 4.71. The molecule has 1 N–H and O–H groups in total. The Labute approximate surface area is 110 Å². The van der Waals surface area contributed by atoms with Crippen LogP contribution in [0.5, 0.6) is 0 Å². The van der Waals surface area contributed by atoms with E-state index >= 15 is 0 Å². The topological polar surface area (TPSA) is 12.0 Å². The Morgan fingerprint density at radius 2 is 2.24 bits per heavy atom. The highest BCUT2D eigenvalue weighted by Crippen LogP contribution is 2.27. The van der Waals surface area contributed by atoms with Crippen LogP contribution < -0.4 is 5.32 Å². The molecule has 1 aromatic rings. The van der Waals surface area contributed by atoms with Crippen molar-refractivity contribution in [2.24, 2.45) is 0 Å². The molecule has 0 saturated carbocycles. The third-order valence-corrected chi connectivity index (χ3v) is 4.26. The lowest BCUT2D eigenvalue weighted by Crippen LogP contribution is -2.21. The molecule has 0 amide bonds. The number of aryl methyl sites for hydroxylation is 1. The third-order valence-electron chi connectivity index (χ3n) is 2.92. The third kappa shape index (κ3) is 5.05. The van der Waals surface area contributed by atoms with Crippen molar-refractivity contribution < 1.29 is 0 Å². The van der Waals surface area contributed by atoms with Gasteiger partial charge in [0.05, 0.1) is 0 Å². The summed E-state index contributed by atoms with van der Waals surface area (Å²) in [7, 11) is 0. The number of nitrogens with one attached hydrogen (secondary N) is 1. The Balaban J connectivity index is 2.56. The molecule has 17 heavy (non-hydrogen) atoms. The van der Waals surface area contributed by atoms with E-state index in [2.05, 4.69) is 37.9 Å². The summed E-state index contributed by atoms with van der Waals surface area (Å²) in [6.45, 7) is 9.35. The molecule has 1 atom stereocenters. The lowest BCUT2D eigenvalue weighted by molar-refractivity contribution is 0.492. The summed E-state index contributed by atoms with van der Waals surface area (Å²) >= 11 is 1.96. The molecular weight excluding hydrogens is 226 g/mol. The van der Waals surface area contributed by atoms with Crippen LogP contribution in [0, 0.1) is 0 Å². The summed E-state index contributed by atoms with van der Waals surface area (Å²) in [5, 5.41) is 3.66. The van der Waals surface area contributed by atoms with E-state index in [1.54, 1.807) is 0 Å². The van der Waals surface area contributed by atoms with Gasteiger partial charge in [-0.1, -0.05) is 19.9 Å². The van der Waals surface area contributed by atoms with Crippen molar-refractivity contribution in [2.75, 3.05) is 6.54 Å². The first-order chi connectivity index (χ1) is 8.31. The standard InChI is InChI=1S/C15H25NS/c1-4-7-8-9-14(16-12-5-2)15-11-10-13(6-3)17-15/h4,10-11,14,16H,1,5-9,12H2,2-3H3. The van der Waals surface area contributed by atoms with Gasteiger partial charge >= 0.3 is 0 Å². The first-order valence-corrected chi connectivity index (χ1v) is 7.56. The number of thiophene rings is 1. The average Bonchev–Trinajstić information content (AvgIpc) is 2.82. The smallest absolute Gasteiger partial charge is 0.0415 e. The molecule has 96 valence electrons. The second-order valence-corrected chi connectivity index (χ2v) is 5.58. The van der Waals surface area contributed by atoms with Gasteiger partial charge in [-0.05, 0) is 50.8 Å². The zero-order valence-electron chi connectivity index (χ0n) is 11.2. The van der Waals surface area contributed by atoms with Gasteiger partial charge < -0.3 is 5.32 Å². The lowest BCUT2D eigenvalue weighted by Gasteiger charge is -2.16. The monoisotopic (exact) mass is 251 g/mol. The molecule has 2 heteroatoms. The zero-order chi connectivity index (χ0) is 12.5. The minimum Gasteiger partial charge on any atom is -0.309 e. The van der Waals surface area contributed by atoms with E-state index in [-0.39, 0.29) is 0 Å². The summed E-state index contributed by atoms with van der Waals surface area (Å²) in [6, 6.07) is 5.11. The number of hydrogen-bond donors (Lipinski definition) is 1. The molecule has 0 fully saturated rings. The summed E-state index contributed by atoms with van der Waals surface area (Å²) in [4.78, 5) is 2.99. The van der Waals surface area contributed by atoms with Crippen LogP contribution >= 0.6 is 11.3 Å². The Morgan fingerprint density at radius 3 is 2.82 bits per heavy atom. The molecule has 0 bridgehead atoms. The van der Waals surface area contributed by atoms with Crippen molar-refractivity contribution in [3.63, 3.8) is 0 Å². The summed E-state index contributed by atoms with van der Waals surface area (Å²) in [5.41, 5.74) is 0. The number of allylic oxidation sites excluding steroid dienone is 1. The van der Waals surface area contributed by atoms with Crippen molar-refractivity contribution in [1.29, 1.82) is 0 Å². The summed E-state index contributed by atoms with van der Waals surface area (Å²) in [5.74, 6) is 0. The zero-order valence-corrected chi connectivity index (χ0v) is 12.0. The predicted molar refractivity (Wildman–Crippen MR) is 78.8 cm³/mol. The van der Waals surface area contributed by atoms with E-state index in [1.807, 2.05) is 17.4 Å².